The first-order valence-corrected chi connectivity index (χ1v) is 7.25. The highest BCUT2D eigenvalue weighted by atomic mass is 35.5. The highest BCUT2D eigenvalue weighted by molar-refractivity contribution is 6.35. The fourth-order valence-electron chi connectivity index (χ4n) is 1.77. The Balaban J connectivity index is 2.35. The van der Waals surface area contributed by atoms with Gasteiger partial charge in [-0.3, -0.25) is 9.69 Å². The standard InChI is InChI=1S/C14H20Cl2N2O/c1-3-18(4-2)10-14(19)17-8-7-11-5-6-12(15)9-13(11)16/h5-6,9H,3-4,7-8,10H2,1-2H3,(H,17,19). The van der Waals surface area contributed by atoms with Crippen LogP contribution in [0.3, 0.4) is 0 Å². The fourth-order valence-corrected chi connectivity index (χ4v) is 2.27. The van der Waals surface area contributed by atoms with E-state index in [2.05, 4.69) is 10.2 Å². The zero-order chi connectivity index (χ0) is 14.3. The lowest BCUT2D eigenvalue weighted by atomic mass is 10.1. The van der Waals surface area contributed by atoms with Crippen LogP contribution in [0.4, 0.5) is 0 Å². The summed E-state index contributed by atoms with van der Waals surface area (Å²) in [5.74, 6) is 0.0498. The molecule has 1 aromatic carbocycles. The summed E-state index contributed by atoms with van der Waals surface area (Å²) >= 11 is 11.9. The molecule has 0 aromatic heterocycles. The molecular formula is C14H20Cl2N2O. The van der Waals surface area contributed by atoms with Crippen molar-refractivity contribution in [2.24, 2.45) is 0 Å². The SMILES string of the molecule is CCN(CC)CC(=O)NCCc1ccc(Cl)cc1Cl. The van der Waals surface area contributed by atoms with Gasteiger partial charge in [0.2, 0.25) is 5.91 Å². The van der Waals surface area contributed by atoms with Crippen molar-refractivity contribution in [3.05, 3.63) is 33.8 Å². The normalized spacial score (nSPS) is 10.8. The number of carbonyl (C=O) groups excluding carboxylic acids is 1. The van der Waals surface area contributed by atoms with Crippen molar-refractivity contribution >= 4 is 29.1 Å². The van der Waals surface area contributed by atoms with Gasteiger partial charge in [0, 0.05) is 16.6 Å². The Morgan fingerprint density at radius 3 is 2.53 bits per heavy atom. The topological polar surface area (TPSA) is 32.3 Å². The summed E-state index contributed by atoms with van der Waals surface area (Å²) in [4.78, 5) is 13.8. The number of halogens is 2. The zero-order valence-corrected chi connectivity index (χ0v) is 12.9. The largest absolute Gasteiger partial charge is 0.355 e. The molecule has 1 aromatic rings. The number of hydrogen-bond donors (Lipinski definition) is 1. The molecule has 0 saturated carbocycles. The summed E-state index contributed by atoms with van der Waals surface area (Å²) in [6, 6.07) is 5.41. The van der Waals surface area contributed by atoms with Gasteiger partial charge in [-0.25, -0.2) is 0 Å². The van der Waals surface area contributed by atoms with Crippen molar-refractivity contribution in [2.75, 3.05) is 26.2 Å². The molecule has 3 nitrogen and oxygen atoms in total. The first-order chi connectivity index (χ1) is 9.06. The molecule has 0 heterocycles. The molecule has 1 N–H and O–H groups in total. The van der Waals surface area contributed by atoms with Gasteiger partial charge in [-0.1, -0.05) is 43.1 Å². The predicted molar refractivity (Wildman–Crippen MR) is 81.0 cm³/mol. The summed E-state index contributed by atoms with van der Waals surface area (Å²) in [6.45, 7) is 6.89. The third-order valence-corrected chi connectivity index (χ3v) is 3.58. The lowest BCUT2D eigenvalue weighted by Gasteiger charge is -2.17. The molecule has 0 unspecified atom stereocenters. The van der Waals surface area contributed by atoms with Crippen molar-refractivity contribution in [2.45, 2.75) is 20.3 Å². The molecular weight excluding hydrogens is 283 g/mol. The molecule has 0 aliphatic heterocycles. The van der Waals surface area contributed by atoms with Crippen LogP contribution < -0.4 is 5.32 Å². The maximum Gasteiger partial charge on any atom is 0.234 e. The van der Waals surface area contributed by atoms with E-state index in [9.17, 15) is 4.79 Å². The maximum absolute atomic E-state index is 11.7. The highest BCUT2D eigenvalue weighted by Gasteiger charge is 2.07. The van der Waals surface area contributed by atoms with Crippen molar-refractivity contribution in [3.63, 3.8) is 0 Å². The number of likely N-dealkylation sites (N-methyl/N-ethyl adjacent to an activating group) is 1. The number of benzene rings is 1. The summed E-state index contributed by atoms with van der Waals surface area (Å²) in [6.07, 6.45) is 0.708. The molecule has 106 valence electrons. The van der Waals surface area contributed by atoms with Crippen molar-refractivity contribution in [1.29, 1.82) is 0 Å². The molecule has 0 saturated heterocycles. The highest BCUT2D eigenvalue weighted by Crippen LogP contribution is 2.20. The van der Waals surface area contributed by atoms with Crippen LogP contribution in [0.2, 0.25) is 10.0 Å². The summed E-state index contributed by atoms with van der Waals surface area (Å²) in [7, 11) is 0. The van der Waals surface area contributed by atoms with Crippen LogP contribution >= 0.6 is 23.2 Å². The van der Waals surface area contributed by atoms with Gasteiger partial charge in [0.15, 0.2) is 0 Å². The Bertz CT molecular complexity index is 420. The van der Waals surface area contributed by atoms with E-state index >= 15 is 0 Å². The molecule has 0 atom stereocenters. The summed E-state index contributed by atoms with van der Waals surface area (Å²) in [5.41, 5.74) is 0.995. The Morgan fingerprint density at radius 1 is 1.26 bits per heavy atom. The second-order valence-electron chi connectivity index (χ2n) is 4.30. The van der Waals surface area contributed by atoms with Crippen LogP contribution in [-0.4, -0.2) is 37.0 Å². The first-order valence-electron chi connectivity index (χ1n) is 6.49. The van der Waals surface area contributed by atoms with Gasteiger partial charge >= 0.3 is 0 Å². The Morgan fingerprint density at radius 2 is 1.95 bits per heavy atom. The monoisotopic (exact) mass is 302 g/mol. The van der Waals surface area contributed by atoms with Gasteiger partial charge in [-0.05, 0) is 37.2 Å². The number of amides is 1. The lowest BCUT2D eigenvalue weighted by molar-refractivity contribution is -0.122. The van der Waals surface area contributed by atoms with Crippen LogP contribution in [0.1, 0.15) is 19.4 Å². The predicted octanol–water partition coefficient (Wildman–Crippen LogP) is 2.99. The van der Waals surface area contributed by atoms with Gasteiger partial charge in [0.25, 0.3) is 0 Å². The molecule has 0 spiro atoms. The van der Waals surface area contributed by atoms with Gasteiger partial charge in [-0.2, -0.15) is 0 Å². The van der Waals surface area contributed by atoms with E-state index in [1.807, 2.05) is 19.9 Å². The number of nitrogens with zero attached hydrogens (tertiary/aromatic N) is 1. The van der Waals surface area contributed by atoms with Gasteiger partial charge in [-0.15, -0.1) is 0 Å². The zero-order valence-electron chi connectivity index (χ0n) is 11.4. The quantitative estimate of drug-likeness (QED) is 0.840. The van der Waals surface area contributed by atoms with E-state index in [1.165, 1.54) is 0 Å². The first kappa shape index (κ1) is 16.3. The maximum atomic E-state index is 11.7. The van der Waals surface area contributed by atoms with Crippen molar-refractivity contribution in [1.82, 2.24) is 10.2 Å². The van der Waals surface area contributed by atoms with Gasteiger partial charge in [0.1, 0.15) is 0 Å². The Hall–Kier alpha value is -0.770. The molecule has 1 rings (SSSR count). The Labute approximate surface area is 124 Å². The average molecular weight is 303 g/mol. The lowest BCUT2D eigenvalue weighted by Crippen LogP contribution is -2.37. The van der Waals surface area contributed by atoms with E-state index in [0.29, 0.717) is 29.6 Å². The van der Waals surface area contributed by atoms with Gasteiger partial charge in [0.05, 0.1) is 6.54 Å². The van der Waals surface area contributed by atoms with Crippen LogP contribution in [0.15, 0.2) is 18.2 Å². The third-order valence-electron chi connectivity index (χ3n) is 2.99. The fraction of sp³-hybridized carbons (Fsp3) is 0.500. The third kappa shape index (κ3) is 5.81. The van der Waals surface area contributed by atoms with E-state index in [-0.39, 0.29) is 5.91 Å². The minimum Gasteiger partial charge on any atom is -0.355 e. The van der Waals surface area contributed by atoms with E-state index < -0.39 is 0 Å². The number of carbonyl (C=O) groups is 1. The van der Waals surface area contributed by atoms with Gasteiger partial charge < -0.3 is 5.32 Å². The molecule has 0 bridgehead atoms. The molecule has 19 heavy (non-hydrogen) atoms. The van der Waals surface area contributed by atoms with Crippen LogP contribution in [-0.2, 0) is 11.2 Å². The molecule has 0 radical (unpaired) electrons. The van der Waals surface area contributed by atoms with Crippen LogP contribution in [0, 0.1) is 0 Å². The molecule has 5 heteroatoms. The van der Waals surface area contributed by atoms with Crippen molar-refractivity contribution in [3.8, 4) is 0 Å². The number of hydrogen-bond acceptors (Lipinski definition) is 2. The molecule has 0 aliphatic rings. The van der Waals surface area contributed by atoms with E-state index in [1.54, 1.807) is 12.1 Å². The van der Waals surface area contributed by atoms with Crippen LogP contribution in [0.25, 0.3) is 0 Å². The second-order valence-corrected chi connectivity index (χ2v) is 5.14. The number of nitrogens with one attached hydrogen (secondary N) is 1. The molecule has 1 amide bonds. The van der Waals surface area contributed by atoms with E-state index in [4.69, 9.17) is 23.2 Å². The van der Waals surface area contributed by atoms with E-state index in [0.717, 1.165) is 18.7 Å². The number of rotatable bonds is 7. The molecule has 0 fully saturated rings. The van der Waals surface area contributed by atoms with Crippen LogP contribution in [0.5, 0.6) is 0 Å². The average Bonchev–Trinajstić information content (AvgIpc) is 2.38. The second kappa shape index (κ2) is 8.41. The Kier molecular flexibility index (Phi) is 7.21. The minimum absolute atomic E-state index is 0.0498. The summed E-state index contributed by atoms with van der Waals surface area (Å²) < 4.78 is 0. The minimum atomic E-state index is 0.0498. The smallest absolute Gasteiger partial charge is 0.234 e. The van der Waals surface area contributed by atoms with Crippen molar-refractivity contribution < 1.29 is 4.79 Å². The summed E-state index contributed by atoms with van der Waals surface area (Å²) in [5, 5.41) is 4.17. The molecule has 0 aliphatic carbocycles.